The van der Waals surface area contributed by atoms with E-state index in [9.17, 15) is 4.79 Å². The van der Waals surface area contributed by atoms with Gasteiger partial charge in [-0.15, -0.1) is 11.8 Å². The summed E-state index contributed by atoms with van der Waals surface area (Å²) in [6.07, 6.45) is 2.29. The molecule has 0 atom stereocenters. The van der Waals surface area contributed by atoms with Crippen molar-refractivity contribution in [1.29, 1.82) is 0 Å². The van der Waals surface area contributed by atoms with E-state index in [1.54, 1.807) is 18.7 Å². The molecular formula is C8H14O2S3. The molecular weight excluding hydrogens is 224 g/mol. The first-order valence-electron chi connectivity index (χ1n) is 4.22. The zero-order valence-electron chi connectivity index (χ0n) is 7.87. The molecule has 0 saturated carbocycles. The van der Waals surface area contributed by atoms with E-state index in [1.165, 1.54) is 0 Å². The van der Waals surface area contributed by atoms with Crippen molar-refractivity contribution in [2.75, 3.05) is 12.4 Å². The van der Waals surface area contributed by atoms with Crippen LogP contribution in [0, 0.1) is 0 Å². The van der Waals surface area contributed by atoms with Gasteiger partial charge in [0.2, 0.25) is 0 Å². The monoisotopic (exact) mass is 238 g/mol. The van der Waals surface area contributed by atoms with Crippen LogP contribution < -0.4 is 0 Å². The second-order valence-corrected chi connectivity index (χ2v) is 5.47. The number of hydrogen-bond acceptors (Lipinski definition) is 5. The van der Waals surface area contributed by atoms with Crippen molar-refractivity contribution in [3.63, 3.8) is 0 Å². The van der Waals surface area contributed by atoms with Crippen LogP contribution in [0.3, 0.4) is 0 Å². The number of hydrogen-bond donors (Lipinski definition) is 0. The van der Waals surface area contributed by atoms with Crippen molar-refractivity contribution in [2.24, 2.45) is 0 Å². The summed E-state index contributed by atoms with van der Waals surface area (Å²) >= 11 is 7.54. The fourth-order valence-corrected chi connectivity index (χ4v) is 2.60. The van der Waals surface area contributed by atoms with Crippen LogP contribution in [0.1, 0.15) is 26.7 Å². The predicted octanol–water partition coefficient (Wildman–Crippen LogP) is 3.69. The molecule has 0 aliphatic rings. The van der Waals surface area contributed by atoms with Crippen LogP contribution in [0.4, 0.5) is 4.79 Å². The van der Waals surface area contributed by atoms with E-state index in [0.29, 0.717) is 10.1 Å². The fourth-order valence-electron chi connectivity index (χ4n) is 0.545. The number of thioether (sulfide) groups is 2. The Kier molecular flexibility index (Phi) is 9.02. The quantitative estimate of drug-likeness (QED) is 0.423. The van der Waals surface area contributed by atoms with Gasteiger partial charge in [0.1, 0.15) is 3.53 Å². The molecule has 0 saturated heterocycles. The highest BCUT2D eigenvalue weighted by molar-refractivity contribution is 8.51. The van der Waals surface area contributed by atoms with Gasteiger partial charge in [-0.1, -0.05) is 25.6 Å². The van der Waals surface area contributed by atoms with Crippen LogP contribution in [-0.4, -0.2) is 21.2 Å². The Morgan fingerprint density at radius 1 is 1.46 bits per heavy atom. The molecule has 0 N–H and O–H groups in total. The minimum Gasteiger partial charge on any atom is -0.458 e. The van der Waals surface area contributed by atoms with Crippen LogP contribution in [0.2, 0.25) is 0 Å². The first-order chi connectivity index (χ1) is 6.20. The number of thiocarbonyl (C=S) groups is 1. The number of ether oxygens (including phenoxy) is 1. The largest absolute Gasteiger partial charge is 0.458 e. The normalized spacial score (nSPS) is 9.69. The molecule has 0 bridgehead atoms. The molecule has 0 rings (SSSR count). The minimum atomic E-state index is -0.295. The predicted molar refractivity (Wildman–Crippen MR) is 64.6 cm³/mol. The lowest BCUT2D eigenvalue weighted by atomic mass is 10.4. The molecule has 0 aromatic carbocycles. The highest BCUT2D eigenvalue weighted by atomic mass is 32.2. The van der Waals surface area contributed by atoms with Crippen molar-refractivity contribution in [2.45, 2.75) is 26.7 Å². The van der Waals surface area contributed by atoms with Gasteiger partial charge < -0.3 is 4.74 Å². The van der Waals surface area contributed by atoms with E-state index < -0.39 is 0 Å². The Morgan fingerprint density at radius 3 is 2.69 bits per heavy atom. The topological polar surface area (TPSA) is 26.3 Å². The smallest absolute Gasteiger partial charge is 0.373 e. The van der Waals surface area contributed by atoms with Crippen molar-refractivity contribution in [1.82, 2.24) is 0 Å². The lowest BCUT2D eigenvalue weighted by Gasteiger charge is -2.01. The summed E-state index contributed by atoms with van der Waals surface area (Å²) in [5, 5.41) is -0.295. The average molecular weight is 238 g/mol. The van der Waals surface area contributed by atoms with E-state index >= 15 is 0 Å². The maximum Gasteiger partial charge on any atom is 0.373 e. The summed E-state index contributed by atoms with van der Waals surface area (Å²) < 4.78 is 5.40. The molecule has 0 aliphatic heterocycles. The van der Waals surface area contributed by atoms with Crippen LogP contribution >= 0.6 is 35.7 Å². The molecule has 0 spiro atoms. The molecule has 76 valence electrons. The van der Waals surface area contributed by atoms with Crippen LogP contribution in [0.25, 0.3) is 0 Å². The Morgan fingerprint density at radius 2 is 2.15 bits per heavy atom. The van der Waals surface area contributed by atoms with Gasteiger partial charge in [0.05, 0.1) is 6.61 Å². The summed E-state index contributed by atoms with van der Waals surface area (Å²) in [6.45, 7) is 4.32. The summed E-state index contributed by atoms with van der Waals surface area (Å²) in [7, 11) is 0. The summed E-state index contributed by atoms with van der Waals surface area (Å²) in [6, 6.07) is 0. The second kappa shape index (κ2) is 8.84. The number of unbranched alkanes of at least 4 members (excludes halogenated alkanes) is 1. The third kappa shape index (κ3) is 8.59. The third-order valence-electron chi connectivity index (χ3n) is 1.15. The Balaban J connectivity index is 3.44. The van der Waals surface area contributed by atoms with E-state index in [2.05, 4.69) is 6.92 Å². The maximum absolute atomic E-state index is 10.9. The number of rotatable bonds is 4. The molecule has 0 fully saturated rings. The van der Waals surface area contributed by atoms with Gasteiger partial charge in [-0.05, 0) is 19.1 Å². The van der Waals surface area contributed by atoms with Gasteiger partial charge in [0.25, 0.3) is 0 Å². The standard InChI is InChI=1S/C8H14O2S3/c1-3-5-6-12-8(11)13-7(9)10-4-2/h3-6H2,1-2H3. The SMILES string of the molecule is CCCCSC(=S)SC(=O)OCC. The van der Waals surface area contributed by atoms with Gasteiger partial charge in [-0.25, -0.2) is 4.79 Å². The lowest BCUT2D eigenvalue weighted by molar-refractivity contribution is 0.182. The van der Waals surface area contributed by atoms with Gasteiger partial charge in [0.15, 0.2) is 0 Å². The van der Waals surface area contributed by atoms with Crippen LogP contribution in [0.15, 0.2) is 0 Å². The van der Waals surface area contributed by atoms with Crippen molar-refractivity contribution >= 4 is 44.6 Å². The highest BCUT2D eigenvalue weighted by Gasteiger charge is 2.07. The van der Waals surface area contributed by atoms with Gasteiger partial charge >= 0.3 is 5.30 Å². The molecule has 0 radical (unpaired) electrons. The van der Waals surface area contributed by atoms with Crippen molar-refractivity contribution < 1.29 is 9.53 Å². The first kappa shape index (κ1) is 13.3. The molecule has 0 aromatic heterocycles. The van der Waals surface area contributed by atoms with E-state index in [4.69, 9.17) is 17.0 Å². The van der Waals surface area contributed by atoms with Crippen molar-refractivity contribution in [3.05, 3.63) is 0 Å². The Bertz CT molecular complexity index is 171. The first-order valence-corrected chi connectivity index (χ1v) is 6.43. The fraction of sp³-hybridized carbons (Fsp3) is 0.750. The molecule has 0 heterocycles. The molecule has 5 heteroatoms. The van der Waals surface area contributed by atoms with E-state index in [0.717, 1.165) is 30.4 Å². The highest BCUT2D eigenvalue weighted by Crippen LogP contribution is 2.20. The lowest BCUT2D eigenvalue weighted by Crippen LogP contribution is -1.98. The minimum absolute atomic E-state index is 0.295. The average Bonchev–Trinajstić information content (AvgIpc) is 2.05. The molecule has 13 heavy (non-hydrogen) atoms. The number of carbonyl (C=O) groups is 1. The molecule has 2 nitrogen and oxygen atoms in total. The number of carbonyl (C=O) groups excluding carboxylic acids is 1. The molecule has 0 amide bonds. The molecule has 0 aliphatic carbocycles. The van der Waals surface area contributed by atoms with Crippen LogP contribution in [-0.2, 0) is 4.74 Å². The Hall–Kier alpha value is 0.260. The Labute approximate surface area is 93.2 Å². The van der Waals surface area contributed by atoms with Crippen LogP contribution in [0.5, 0.6) is 0 Å². The second-order valence-electron chi connectivity index (χ2n) is 2.24. The molecule has 0 unspecified atom stereocenters. The van der Waals surface area contributed by atoms with E-state index in [-0.39, 0.29) is 5.30 Å². The van der Waals surface area contributed by atoms with Crippen molar-refractivity contribution in [3.8, 4) is 0 Å². The summed E-state index contributed by atoms with van der Waals surface area (Å²) in [5.74, 6) is 0.988. The van der Waals surface area contributed by atoms with E-state index in [1.807, 2.05) is 0 Å². The summed E-state index contributed by atoms with van der Waals surface area (Å²) in [5.41, 5.74) is 0. The summed E-state index contributed by atoms with van der Waals surface area (Å²) in [4.78, 5) is 10.9. The maximum atomic E-state index is 10.9. The zero-order chi connectivity index (χ0) is 10.1. The molecule has 0 aromatic rings. The third-order valence-corrected chi connectivity index (χ3v) is 3.53. The zero-order valence-corrected chi connectivity index (χ0v) is 10.3. The van der Waals surface area contributed by atoms with Gasteiger partial charge in [-0.3, -0.25) is 0 Å². The van der Waals surface area contributed by atoms with Gasteiger partial charge in [0, 0.05) is 11.8 Å². The van der Waals surface area contributed by atoms with Gasteiger partial charge in [-0.2, -0.15) is 0 Å².